The molecule has 6 nitrogen and oxygen atoms in total. The average Bonchev–Trinajstić information content (AvgIpc) is 3.39. The Morgan fingerprint density at radius 3 is 2.09 bits per heavy atom. The minimum atomic E-state index is -0.931. The highest BCUT2D eigenvalue weighted by atomic mass is 32.1. The average molecular weight is 455 g/mol. The fraction of sp³-hybridized carbons (Fsp3) is 0.0769. The van der Waals surface area contributed by atoms with Gasteiger partial charge in [0.05, 0.1) is 16.3 Å². The Kier molecular flexibility index (Phi) is 7.02. The van der Waals surface area contributed by atoms with Crippen LogP contribution < -0.4 is 10.6 Å². The summed E-state index contributed by atoms with van der Waals surface area (Å²) in [7, 11) is 0. The molecule has 1 amide bonds. The molecule has 0 aliphatic heterocycles. The zero-order chi connectivity index (χ0) is 23.0. The Labute approximate surface area is 196 Å². The molecule has 3 aromatic carbocycles. The van der Waals surface area contributed by atoms with Crippen LogP contribution in [0.1, 0.15) is 25.6 Å². The summed E-state index contributed by atoms with van der Waals surface area (Å²) in [6.45, 7) is 1.96. The summed E-state index contributed by atoms with van der Waals surface area (Å²) in [5.41, 5.74) is 3.68. The van der Waals surface area contributed by atoms with E-state index in [0.717, 1.165) is 11.3 Å². The van der Waals surface area contributed by atoms with Gasteiger partial charge in [-0.05, 0) is 54.8 Å². The second kappa shape index (κ2) is 10.5. The fourth-order valence-electron chi connectivity index (χ4n) is 3.06. The second-order valence-corrected chi connectivity index (χ2v) is 8.29. The number of ketones is 1. The number of aryl methyl sites for hydroxylation is 1. The van der Waals surface area contributed by atoms with Crippen molar-refractivity contribution >= 4 is 40.1 Å². The van der Waals surface area contributed by atoms with E-state index in [2.05, 4.69) is 20.9 Å². The van der Waals surface area contributed by atoms with Gasteiger partial charge in [-0.25, -0.2) is 0 Å². The van der Waals surface area contributed by atoms with Gasteiger partial charge in [-0.1, -0.05) is 54.1 Å². The van der Waals surface area contributed by atoms with E-state index in [9.17, 15) is 9.59 Å². The number of carbonyl (C=O) groups is 2. The third-order valence-electron chi connectivity index (χ3n) is 4.83. The molecule has 0 fully saturated rings. The van der Waals surface area contributed by atoms with Gasteiger partial charge in [-0.15, -0.1) is 11.3 Å². The molecule has 7 heteroatoms. The Morgan fingerprint density at radius 1 is 0.788 bits per heavy atom. The molecule has 0 radical (unpaired) electrons. The van der Waals surface area contributed by atoms with Crippen molar-refractivity contribution in [2.75, 3.05) is 5.32 Å². The first-order valence-corrected chi connectivity index (χ1v) is 11.2. The zero-order valence-electron chi connectivity index (χ0n) is 17.9. The number of nitrogens with one attached hydrogen (secondary N) is 2. The number of carbonyl (C=O) groups excluding carboxylic acids is 2. The van der Waals surface area contributed by atoms with Crippen molar-refractivity contribution < 1.29 is 9.59 Å². The number of rotatable bonds is 8. The molecule has 4 aromatic rings. The highest BCUT2D eigenvalue weighted by Gasteiger charge is 2.23. The van der Waals surface area contributed by atoms with Crippen molar-refractivity contribution in [2.24, 2.45) is 10.2 Å². The number of nitrogens with zero attached hydrogens (tertiary/aromatic N) is 2. The van der Waals surface area contributed by atoms with Crippen LogP contribution in [0, 0.1) is 6.92 Å². The quantitative estimate of drug-likeness (QED) is 0.181. The summed E-state index contributed by atoms with van der Waals surface area (Å²) in [5.74, 6) is -0.538. The number of anilines is 1. The first-order chi connectivity index (χ1) is 16.1. The first-order valence-electron chi connectivity index (χ1n) is 10.4. The maximum atomic E-state index is 13.2. The van der Waals surface area contributed by atoms with Crippen molar-refractivity contribution in [1.29, 1.82) is 0 Å². The molecular formula is C26H22N4O2S. The minimum Gasteiger partial charge on any atom is -0.359 e. The lowest BCUT2D eigenvalue weighted by atomic mass is 10.1. The summed E-state index contributed by atoms with van der Waals surface area (Å²) in [6, 6.07) is 27.4. The van der Waals surface area contributed by atoms with E-state index < -0.39 is 6.17 Å². The van der Waals surface area contributed by atoms with Gasteiger partial charge >= 0.3 is 0 Å². The molecule has 0 unspecified atom stereocenters. The first kappa shape index (κ1) is 22.1. The van der Waals surface area contributed by atoms with Crippen LogP contribution in [-0.4, -0.2) is 17.9 Å². The van der Waals surface area contributed by atoms with E-state index in [1.54, 1.807) is 48.5 Å². The van der Waals surface area contributed by atoms with E-state index in [1.165, 1.54) is 11.3 Å². The molecule has 1 heterocycles. The number of hydrogen-bond acceptors (Lipinski definition) is 6. The smallest absolute Gasteiger partial charge is 0.263 e. The molecule has 0 bridgehead atoms. The third kappa shape index (κ3) is 5.99. The maximum absolute atomic E-state index is 13.2. The molecule has 0 saturated heterocycles. The highest BCUT2D eigenvalue weighted by Crippen LogP contribution is 2.21. The molecular weight excluding hydrogens is 432 g/mol. The molecule has 1 aromatic heterocycles. The monoisotopic (exact) mass is 454 g/mol. The van der Waals surface area contributed by atoms with Crippen LogP contribution in [0.5, 0.6) is 0 Å². The molecule has 0 saturated carbocycles. The van der Waals surface area contributed by atoms with Crippen LogP contribution in [0.25, 0.3) is 0 Å². The van der Waals surface area contributed by atoms with Crippen molar-refractivity contribution in [3.8, 4) is 0 Å². The van der Waals surface area contributed by atoms with Crippen molar-refractivity contribution in [2.45, 2.75) is 13.1 Å². The molecule has 0 spiro atoms. The van der Waals surface area contributed by atoms with E-state index in [4.69, 9.17) is 0 Å². The summed E-state index contributed by atoms with van der Waals surface area (Å²) < 4.78 is 0. The summed E-state index contributed by atoms with van der Waals surface area (Å²) >= 11 is 1.32. The van der Waals surface area contributed by atoms with Crippen molar-refractivity contribution in [1.82, 2.24) is 5.32 Å². The maximum Gasteiger partial charge on any atom is 0.263 e. The largest absolute Gasteiger partial charge is 0.359 e. The predicted octanol–water partition coefficient (Wildman–Crippen LogP) is 6.52. The SMILES string of the molecule is Cc1ccc(C(=O)[C@@H](NC(=O)c2cccs2)Nc2ccc(N=Nc3ccccc3)cc2)cc1. The topological polar surface area (TPSA) is 82.9 Å². The number of thiophene rings is 1. The molecule has 4 rings (SSSR count). The zero-order valence-corrected chi connectivity index (χ0v) is 18.8. The highest BCUT2D eigenvalue weighted by molar-refractivity contribution is 7.12. The van der Waals surface area contributed by atoms with Crippen LogP contribution in [0.2, 0.25) is 0 Å². The lowest BCUT2D eigenvalue weighted by Crippen LogP contribution is -2.46. The van der Waals surface area contributed by atoms with Gasteiger partial charge in [0.15, 0.2) is 6.17 Å². The Hall–Kier alpha value is -4.10. The van der Waals surface area contributed by atoms with Crippen LogP contribution in [0.15, 0.2) is 107 Å². The summed E-state index contributed by atoms with van der Waals surface area (Å²) in [5, 5.41) is 16.2. The van der Waals surface area contributed by atoms with Gasteiger partial charge in [-0.3, -0.25) is 9.59 Å². The van der Waals surface area contributed by atoms with E-state index in [0.29, 0.717) is 21.8 Å². The van der Waals surface area contributed by atoms with Crippen LogP contribution in [0.4, 0.5) is 17.1 Å². The molecule has 2 N–H and O–H groups in total. The van der Waals surface area contributed by atoms with Gasteiger partial charge in [0.1, 0.15) is 0 Å². The Bertz CT molecular complexity index is 1240. The van der Waals surface area contributed by atoms with Crippen molar-refractivity contribution in [3.05, 3.63) is 112 Å². The number of benzene rings is 3. The molecule has 164 valence electrons. The van der Waals surface area contributed by atoms with Crippen LogP contribution in [-0.2, 0) is 0 Å². The normalized spacial score (nSPS) is 11.8. The van der Waals surface area contributed by atoms with Gasteiger partial charge in [0.25, 0.3) is 5.91 Å². The fourth-order valence-corrected chi connectivity index (χ4v) is 3.69. The van der Waals surface area contributed by atoms with Gasteiger partial charge < -0.3 is 10.6 Å². The molecule has 0 aliphatic carbocycles. The number of hydrogen-bond donors (Lipinski definition) is 2. The Morgan fingerprint density at radius 2 is 1.45 bits per heavy atom. The second-order valence-electron chi connectivity index (χ2n) is 7.34. The van der Waals surface area contributed by atoms with Gasteiger partial charge in [0, 0.05) is 11.3 Å². The third-order valence-corrected chi connectivity index (χ3v) is 5.70. The van der Waals surface area contributed by atoms with Crippen molar-refractivity contribution in [3.63, 3.8) is 0 Å². The number of Topliss-reactive ketones (excluding diaryl/α,β-unsaturated/α-hetero) is 1. The molecule has 33 heavy (non-hydrogen) atoms. The summed E-state index contributed by atoms with van der Waals surface area (Å²) in [4.78, 5) is 26.4. The van der Waals surface area contributed by atoms with E-state index >= 15 is 0 Å². The standard InChI is InChI=1S/C26H22N4O2S/c1-18-9-11-19(12-10-18)24(31)25(28-26(32)23-8-5-17-33-23)27-20-13-15-22(16-14-20)30-29-21-6-3-2-4-7-21/h2-17,25,27H,1H3,(H,28,32)/t25-/m1/s1. The minimum absolute atomic E-state index is 0.229. The predicted molar refractivity (Wildman–Crippen MR) is 132 cm³/mol. The molecule has 0 aliphatic rings. The lowest BCUT2D eigenvalue weighted by molar-refractivity contribution is 0.0872. The van der Waals surface area contributed by atoms with Gasteiger partial charge in [0.2, 0.25) is 5.78 Å². The summed E-state index contributed by atoms with van der Waals surface area (Å²) in [6.07, 6.45) is -0.931. The van der Waals surface area contributed by atoms with Gasteiger partial charge in [-0.2, -0.15) is 10.2 Å². The van der Waals surface area contributed by atoms with E-state index in [1.807, 2.05) is 54.8 Å². The van der Waals surface area contributed by atoms with Crippen LogP contribution in [0.3, 0.4) is 0 Å². The van der Waals surface area contributed by atoms with Crippen LogP contribution >= 0.6 is 11.3 Å². The van der Waals surface area contributed by atoms with E-state index in [-0.39, 0.29) is 11.7 Å². The Balaban J connectivity index is 1.51. The molecule has 1 atom stereocenters. The number of azo groups is 1. The lowest BCUT2D eigenvalue weighted by Gasteiger charge is -2.20. The number of amides is 1.